The number of hydrogen-bond acceptors (Lipinski definition) is 6. The number of halogens is 1. The lowest BCUT2D eigenvalue weighted by molar-refractivity contribution is -0.113. The number of nitrogens with zero attached hydrogens (tertiary/aromatic N) is 2. The number of aromatic amines is 1. The van der Waals surface area contributed by atoms with Gasteiger partial charge in [0.2, 0.25) is 5.91 Å². The van der Waals surface area contributed by atoms with E-state index in [-0.39, 0.29) is 28.1 Å². The number of H-pyrrole nitrogens is 1. The third-order valence-corrected chi connectivity index (χ3v) is 4.47. The van der Waals surface area contributed by atoms with Gasteiger partial charge in [0.15, 0.2) is 10.9 Å². The summed E-state index contributed by atoms with van der Waals surface area (Å²) in [5, 5.41) is 11.1. The molecule has 0 spiro atoms. The van der Waals surface area contributed by atoms with E-state index in [2.05, 4.69) is 20.5 Å². The highest BCUT2D eigenvalue weighted by molar-refractivity contribution is 7.99. The van der Waals surface area contributed by atoms with Gasteiger partial charge in [0.25, 0.3) is 5.56 Å². The fraction of sp³-hybridized carbons (Fsp3) is 0.111. The third kappa shape index (κ3) is 5.32. The molecule has 3 aromatic rings. The maximum atomic E-state index is 12.3. The topological polar surface area (TPSA) is 97.0 Å². The van der Waals surface area contributed by atoms with E-state index in [1.807, 2.05) is 30.3 Å². The molecule has 0 bridgehead atoms. The highest BCUT2D eigenvalue weighted by Crippen LogP contribution is 2.32. The van der Waals surface area contributed by atoms with Crippen LogP contribution >= 0.6 is 23.4 Å². The number of thioether (sulfide) groups is 1. The Morgan fingerprint density at radius 1 is 1.22 bits per heavy atom. The molecule has 0 unspecified atom stereocenters. The number of aromatic nitrogens is 3. The normalized spacial score (nSPS) is 10.4. The van der Waals surface area contributed by atoms with Gasteiger partial charge in [-0.25, -0.2) is 0 Å². The lowest BCUT2D eigenvalue weighted by Gasteiger charge is -2.12. The van der Waals surface area contributed by atoms with Gasteiger partial charge in [-0.05, 0) is 37.3 Å². The first-order valence-corrected chi connectivity index (χ1v) is 9.26. The summed E-state index contributed by atoms with van der Waals surface area (Å²) in [7, 11) is 0. The minimum atomic E-state index is -0.332. The van der Waals surface area contributed by atoms with Crippen molar-refractivity contribution in [3.05, 3.63) is 69.6 Å². The van der Waals surface area contributed by atoms with Crippen LogP contribution in [0.25, 0.3) is 0 Å². The van der Waals surface area contributed by atoms with Crippen LogP contribution in [0.2, 0.25) is 5.02 Å². The molecule has 0 aliphatic heterocycles. The number of anilines is 1. The van der Waals surface area contributed by atoms with Crippen molar-refractivity contribution in [2.24, 2.45) is 0 Å². The van der Waals surface area contributed by atoms with Crippen molar-refractivity contribution in [2.45, 2.75) is 12.1 Å². The zero-order valence-corrected chi connectivity index (χ0v) is 15.8. The molecule has 0 atom stereocenters. The second kappa shape index (κ2) is 8.70. The number of benzene rings is 2. The average Bonchev–Trinajstić information content (AvgIpc) is 2.66. The Bertz CT molecular complexity index is 1010. The molecule has 27 heavy (non-hydrogen) atoms. The highest BCUT2D eigenvalue weighted by atomic mass is 35.5. The van der Waals surface area contributed by atoms with Gasteiger partial charge in [0, 0.05) is 5.02 Å². The molecule has 0 fully saturated rings. The highest BCUT2D eigenvalue weighted by Gasteiger charge is 2.11. The number of para-hydroxylation sites is 1. The second-order valence-corrected chi connectivity index (χ2v) is 6.84. The summed E-state index contributed by atoms with van der Waals surface area (Å²) in [6.07, 6.45) is 0. The van der Waals surface area contributed by atoms with Crippen LogP contribution in [0, 0.1) is 6.92 Å². The van der Waals surface area contributed by atoms with E-state index in [4.69, 9.17) is 16.3 Å². The minimum Gasteiger partial charge on any atom is -0.455 e. The van der Waals surface area contributed by atoms with Crippen LogP contribution in [-0.2, 0) is 4.79 Å². The molecule has 138 valence electrons. The number of hydrogen-bond donors (Lipinski definition) is 2. The van der Waals surface area contributed by atoms with Gasteiger partial charge in [-0.1, -0.05) is 41.6 Å². The van der Waals surface area contributed by atoms with Crippen molar-refractivity contribution in [1.82, 2.24) is 15.2 Å². The van der Waals surface area contributed by atoms with E-state index >= 15 is 0 Å². The molecule has 2 N–H and O–H groups in total. The zero-order chi connectivity index (χ0) is 19.2. The second-order valence-electron chi connectivity index (χ2n) is 5.44. The molecule has 0 saturated heterocycles. The van der Waals surface area contributed by atoms with Gasteiger partial charge in [0.1, 0.15) is 11.4 Å². The molecule has 2 aromatic carbocycles. The van der Waals surface area contributed by atoms with Crippen molar-refractivity contribution in [3.8, 4) is 11.5 Å². The Morgan fingerprint density at radius 3 is 2.74 bits per heavy atom. The Morgan fingerprint density at radius 2 is 2.00 bits per heavy atom. The molecular weight excluding hydrogens is 388 g/mol. The standard InChI is InChI=1S/C18H15ClN4O3S/c1-11-17(25)21-18(23-22-11)27-10-16(24)20-14-9-12(19)7-8-15(14)26-13-5-3-2-4-6-13/h2-9H,10H2,1H3,(H,20,24)(H,21,23,25). The Kier molecular flexibility index (Phi) is 6.10. The van der Waals surface area contributed by atoms with Crippen LogP contribution in [0.4, 0.5) is 5.69 Å². The van der Waals surface area contributed by atoms with Gasteiger partial charge in [0.05, 0.1) is 11.4 Å². The van der Waals surface area contributed by atoms with Gasteiger partial charge in [-0.3, -0.25) is 14.6 Å². The first-order valence-electron chi connectivity index (χ1n) is 7.90. The SMILES string of the molecule is Cc1nnc(SCC(=O)Nc2cc(Cl)ccc2Oc2ccccc2)[nH]c1=O. The molecule has 7 nitrogen and oxygen atoms in total. The minimum absolute atomic E-state index is 0.0327. The van der Waals surface area contributed by atoms with Crippen LogP contribution in [0.1, 0.15) is 5.69 Å². The van der Waals surface area contributed by atoms with Gasteiger partial charge >= 0.3 is 0 Å². The predicted molar refractivity (Wildman–Crippen MR) is 105 cm³/mol. The van der Waals surface area contributed by atoms with Crippen LogP contribution in [0.5, 0.6) is 11.5 Å². The summed E-state index contributed by atoms with van der Waals surface area (Å²) < 4.78 is 5.81. The van der Waals surface area contributed by atoms with Crippen LogP contribution < -0.4 is 15.6 Å². The van der Waals surface area contributed by atoms with Gasteiger partial charge in [-0.2, -0.15) is 0 Å². The lowest BCUT2D eigenvalue weighted by Crippen LogP contribution is -2.17. The Balaban J connectivity index is 1.68. The third-order valence-electron chi connectivity index (χ3n) is 3.37. The number of carbonyl (C=O) groups is 1. The summed E-state index contributed by atoms with van der Waals surface area (Å²) in [4.78, 5) is 26.4. The molecule has 3 rings (SSSR count). The predicted octanol–water partition coefficient (Wildman–Crippen LogP) is 3.65. The summed E-state index contributed by atoms with van der Waals surface area (Å²) in [6.45, 7) is 1.56. The fourth-order valence-electron chi connectivity index (χ4n) is 2.07. The van der Waals surface area contributed by atoms with Crippen LogP contribution in [0.3, 0.4) is 0 Å². The number of nitrogens with one attached hydrogen (secondary N) is 2. The van der Waals surface area contributed by atoms with Crippen molar-refractivity contribution in [3.63, 3.8) is 0 Å². The van der Waals surface area contributed by atoms with Crippen molar-refractivity contribution >= 4 is 35.0 Å². The van der Waals surface area contributed by atoms with Crippen molar-refractivity contribution < 1.29 is 9.53 Å². The monoisotopic (exact) mass is 402 g/mol. The number of carbonyl (C=O) groups excluding carboxylic acids is 1. The molecule has 1 amide bonds. The molecule has 0 saturated carbocycles. The van der Waals surface area contributed by atoms with Crippen LogP contribution in [-0.4, -0.2) is 26.8 Å². The summed E-state index contributed by atoms with van der Waals surface area (Å²) in [5.74, 6) is 0.832. The molecular formula is C18H15ClN4O3S. The number of ether oxygens (including phenoxy) is 1. The summed E-state index contributed by atoms with van der Waals surface area (Å²) in [5.41, 5.74) is 0.382. The first kappa shape index (κ1) is 18.9. The molecule has 0 aliphatic rings. The molecule has 0 radical (unpaired) electrons. The maximum Gasteiger partial charge on any atom is 0.273 e. The Hall–Kier alpha value is -2.84. The largest absolute Gasteiger partial charge is 0.455 e. The summed E-state index contributed by atoms with van der Waals surface area (Å²) in [6, 6.07) is 14.2. The molecule has 1 aromatic heterocycles. The molecule has 9 heteroatoms. The Labute approximate surface area is 164 Å². The van der Waals surface area contributed by atoms with Crippen molar-refractivity contribution in [1.29, 1.82) is 0 Å². The van der Waals surface area contributed by atoms with Crippen molar-refractivity contribution in [2.75, 3.05) is 11.1 Å². The summed E-state index contributed by atoms with van der Waals surface area (Å²) >= 11 is 7.11. The van der Waals surface area contributed by atoms with Gasteiger partial charge in [-0.15, -0.1) is 10.2 Å². The van der Waals surface area contributed by atoms with E-state index in [0.717, 1.165) is 11.8 Å². The maximum absolute atomic E-state index is 12.3. The molecule has 1 heterocycles. The fourth-order valence-corrected chi connectivity index (χ4v) is 2.84. The average molecular weight is 403 g/mol. The van der Waals surface area contributed by atoms with E-state index in [9.17, 15) is 9.59 Å². The van der Waals surface area contributed by atoms with E-state index in [0.29, 0.717) is 22.2 Å². The first-order chi connectivity index (χ1) is 13.0. The number of aryl methyl sites for hydroxylation is 1. The lowest BCUT2D eigenvalue weighted by atomic mass is 10.3. The molecule has 0 aliphatic carbocycles. The van der Waals surface area contributed by atoms with E-state index in [1.165, 1.54) is 0 Å². The quantitative estimate of drug-likeness (QED) is 0.611. The van der Waals surface area contributed by atoms with E-state index in [1.54, 1.807) is 25.1 Å². The van der Waals surface area contributed by atoms with E-state index < -0.39 is 0 Å². The number of rotatable bonds is 6. The smallest absolute Gasteiger partial charge is 0.273 e. The number of amides is 1. The van der Waals surface area contributed by atoms with Gasteiger partial charge < -0.3 is 10.1 Å². The van der Waals surface area contributed by atoms with Crippen LogP contribution in [0.15, 0.2) is 58.5 Å². The zero-order valence-electron chi connectivity index (χ0n) is 14.2.